The van der Waals surface area contributed by atoms with Gasteiger partial charge in [0.1, 0.15) is 0 Å². The van der Waals surface area contributed by atoms with Gasteiger partial charge in [-0.25, -0.2) is 4.79 Å². The van der Waals surface area contributed by atoms with Crippen molar-refractivity contribution in [3.8, 4) is 0 Å². The van der Waals surface area contributed by atoms with E-state index in [4.69, 9.17) is 15.9 Å². The van der Waals surface area contributed by atoms with Gasteiger partial charge in [0.15, 0.2) is 6.10 Å². The van der Waals surface area contributed by atoms with Crippen LogP contribution in [-0.4, -0.2) is 34.7 Å². The first kappa shape index (κ1) is 15.0. The molecule has 1 amide bonds. The average molecular weight is 266 g/mol. The van der Waals surface area contributed by atoms with E-state index >= 15 is 0 Å². The van der Waals surface area contributed by atoms with E-state index in [0.717, 1.165) is 5.56 Å². The summed E-state index contributed by atoms with van der Waals surface area (Å²) in [5, 5.41) is 20.0. The van der Waals surface area contributed by atoms with Crippen LogP contribution in [0, 0.1) is 0 Å². The minimum atomic E-state index is -1.43. The van der Waals surface area contributed by atoms with Crippen LogP contribution in [0.1, 0.15) is 18.4 Å². The summed E-state index contributed by atoms with van der Waals surface area (Å²) < 4.78 is 0. The Hall–Kier alpha value is -2.08. The van der Waals surface area contributed by atoms with Gasteiger partial charge in [0.25, 0.3) is 0 Å². The number of carboxylic acids is 1. The Morgan fingerprint density at radius 2 is 1.89 bits per heavy atom. The Balaban J connectivity index is 2.21. The first-order valence-electron chi connectivity index (χ1n) is 6.01. The number of hydrogen-bond donors (Lipinski definition) is 4. The average Bonchev–Trinajstić information content (AvgIpc) is 2.37. The van der Waals surface area contributed by atoms with Gasteiger partial charge in [0.05, 0.1) is 0 Å². The molecule has 0 heterocycles. The molecule has 0 fully saturated rings. The third kappa shape index (κ3) is 5.87. The Bertz CT molecular complexity index is 431. The van der Waals surface area contributed by atoms with Crippen molar-refractivity contribution in [1.82, 2.24) is 5.32 Å². The number of carboxylic acid groups (broad SMARTS) is 1. The molecule has 0 saturated carbocycles. The highest BCUT2D eigenvalue weighted by Crippen LogP contribution is 2.07. The third-order valence-electron chi connectivity index (χ3n) is 2.65. The molecule has 0 aliphatic heterocycles. The molecule has 6 nitrogen and oxygen atoms in total. The Kier molecular flexibility index (Phi) is 5.81. The normalized spacial score (nSPS) is 11.8. The number of aliphatic hydroxyl groups is 1. The van der Waals surface area contributed by atoms with Crippen LogP contribution in [0.15, 0.2) is 24.3 Å². The number of nitrogen functional groups attached to an aromatic ring is 1. The fourth-order valence-electron chi connectivity index (χ4n) is 1.50. The Morgan fingerprint density at radius 3 is 2.47 bits per heavy atom. The highest BCUT2D eigenvalue weighted by Gasteiger charge is 2.12. The maximum atomic E-state index is 11.5. The van der Waals surface area contributed by atoms with Crippen LogP contribution in [0.3, 0.4) is 0 Å². The molecule has 1 aromatic rings. The first-order chi connectivity index (χ1) is 8.99. The molecule has 19 heavy (non-hydrogen) atoms. The number of nitrogens with one attached hydrogen (secondary N) is 1. The highest BCUT2D eigenvalue weighted by molar-refractivity contribution is 5.76. The van der Waals surface area contributed by atoms with Gasteiger partial charge in [0.2, 0.25) is 5.91 Å². The first-order valence-corrected chi connectivity index (χ1v) is 6.01. The summed E-state index contributed by atoms with van der Waals surface area (Å²) in [4.78, 5) is 21.8. The van der Waals surface area contributed by atoms with E-state index in [2.05, 4.69) is 5.32 Å². The van der Waals surface area contributed by atoms with Gasteiger partial charge in [-0.1, -0.05) is 12.1 Å². The van der Waals surface area contributed by atoms with Crippen LogP contribution in [-0.2, 0) is 16.0 Å². The topological polar surface area (TPSA) is 113 Å². The zero-order valence-corrected chi connectivity index (χ0v) is 10.5. The number of carbonyl (C=O) groups is 2. The summed E-state index contributed by atoms with van der Waals surface area (Å²) >= 11 is 0. The number of hydrogen-bond acceptors (Lipinski definition) is 4. The van der Waals surface area contributed by atoms with E-state index in [1.54, 1.807) is 12.1 Å². The molecule has 0 aliphatic rings. The second kappa shape index (κ2) is 7.38. The molecule has 6 heteroatoms. The summed E-state index contributed by atoms with van der Waals surface area (Å²) in [6, 6.07) is 7.26. The molecule has 0 saturated heterocycles. The van der Waals surface area contributed by atoms with Gasteiger partial charge in [-0.2, -0.15) is 0 Å². The standard InChI is InChI=1S/C13H18N2O4/c14-10-4-1-9(2-5-10)3-6-12(17)15-8-7-11(16)13(18)19/h1-2,4-5,11,16H,3,6-8,14H2,(H,15,17)(H,18,19). The lowest BCUT2D eigenvalue weighted by atomic mass is 10.1. The number of aliphatic hydroxyl groups excluding tert-OH is 1. The number of aliphatic carboxylic acids is 1. The second-order valence-electron chi connectivity index (χ2n) is 4.23. The van der Waals surface area contributed by atoms with Crippen molar-refractivity contribution >= 4 is 17.6 Å². The van der Waals surface area contributed by atoms with E-state index in [1.165, 1.54) is 0 Å². The molecule has 0 bridgehead atoms. The van der Waals surface area contributed by atoms with Crippen molar-refractivity contribution < 1.29 is 19.8 Å². The lowest BCUT2D eigenvalue weighted by Crippen LogP contribution is -2.30. The van der Waals surface area contributed by atoms with E-state index < -0.39 is 12.1 Å². The molecule has 1 atom stereocenters. The number of anilines is 1. The lowest BCUT2D eigenvalue weighted by molar-refractivity contribution is -0.147. The number of benzene rings is 1. The monoisotopic (exact) mass is 266 g/mol. The molecule has 104 valence electrons. The molecule has 5 N–H and O–H groups in total. The smallest absolute Gasteiger partial charge is 0.332 e. The van der Waals surface area contributed by atoms with Crippen LogP contribution >= 0.6 is 0 Å². The van der Waals surface area contributed by atoms with Crippen LogP contribution in [0.4, 0.5) is 5.69 Å². The summed E-state index contributed by atoms with van der Waals surface area (Å²) in [6.07, 6.45) is -0.527. The van der Waals surface area contributed by atoms with Gasteiger partial charge < -0.3 is 21.3 Å². The molecule has 0 spiro atoms. The zero-order valence-electron chi connectivity index (χ0n) is 10.5. The van der Waals surface area contributed by atoms with Crippen LogP contribution in [0.2, 0.25) is 0 Å². The van der Waals surface area contributed by atoms with Gasteiger partial charge in [-0.15, -0.1) is 0 Å². The van der Waals surface area contributed by atoms with E-state index in [9.17, 15) is 9.59 Å². The van der Waals surface area contributed by atoms with Gasteiger partial charge in [-0.3, -0.25) is 4.79 Å². The Morgan fingerprint density at radius 1 is 1.26 bits per heavy atom. The van der Waals surface area contributed by atoms with Gasteiger partial charge >= 0.3 is 5.97 Å². The van der Waals surface area contributed by atoms with Crippen LogP contribution < -0.4 is 11.1 Å². The van der Waals surface area contributed by atoms with Crippen molar-refractivity contribution in [2.75, 3.05) is 12.3 Å². The summed E-state index contributed by atoms with van der Waals surface area (Å²) in [5.74, 6) is -1.45. The van der Waals surface area contributed by atoms with Gasteiger partial charge in [-0.05, 0) is 24.1 Å². The minimum Gasteiger partial charge on any atom is -0.479 e. The molecule has 1 rings (SSSR count). The molecule has 0 radical (unpaired) electrons. The predicted molar refractivity (Wildman–Crippen MR) is 70.4 cm³/mol. The number of aryl methyl sites for hydroxylation is 1. The maximum Gasteiger partial charge on any atom is 0.332 e. The van der Waals surface area contributed by atoms with E-state index in [1.807, 2.05) is 12.1 Å². The molecule has 0 aliphatic carbocycles. The van der Waals surface area contributed by atoms with Crippen molar-refractivity contribution in [3.63, 3.8) is 0 Å². The number of amides is 1. The molecular weight excluding hydrogens is 248 g/mol. The van der Waals surface area contributed by atoms with Crippen molar-refractivity contribution in [3.05, 3.63) is 29.8 Å². The van der Waals surface area contributed by atoms with Crippen LogP contribution in [0.25, 0.3) is 0 Å². The van der Waals surface area contributed by atoms with Gasteiger partial charge in [0, 0.05) is 25.1 Å². The lowest BCUT2D eigenvalue weighted by Gasteiger charge is -2.07. The van der Waals surface area contributed by atoms with Crippen molar-refractivity contribution in [2.24, 2.45) is 0 Å². The Labute approximate surface area is 111 Å². The fraction of sp³-hybridized carbons (Fsp3) is 0.385. The number of rotatable bonds is 7. The van der Waals surface area contributed by atoms with Crippen LogP contribution in [0.5, 0.6) is 0 Å². The fourth-order valence-corrected chi connectivity index (χ4v) is 1.50. The van der Waals surface area contributed by atoms with Crippen molar-refractivity contribution in [2.45, 2.75) is 25.4 Å². The summed E-state index contributed by atoms with van der Waals surface area (Å²) in [6.45, 7) is 0.147. The SMILES string of the molecule is Nc1ccc(CCC(=O)NCCC(O)C(=O)O)cc1. The maximum absolute atomic E-state index is 11.5. The molecule has 1 aromatic carbocycles. The van der Waals surface area contributed by atoms with E-state index in [-0.39, 0.29) is 18.9 Å². The van der Waals surface area contributed by atoms with E-state index in [0.29, 0.717) is 18.5 Å². The number of carbonyl (C=O) groups excluding carboxylic acids is 1. The molecular formula is C13H18N2O4. The summed E-state index contributed by atoms with van der Waals surface area (Å²) in [5.41, 5.74) is 7.24. The quantitative estimate of drug-likeness (QED) is 0.525. The zero-order chi connectivity index (χ0) is 14.3. The number of nitrogens with two attached hydrogens (primary N) is 1. The second-order valence-corrected chi connectivity index (χ2v) is 4.23. The minimum absolute atomic E-state index is 0.00292. The molecule has 0 aromatic heterocycles. The molecule has 1 unspecified atom stereocenters. The highest BCUT2D eigenvalue weighted by atomic mass is 16.4. The predicted octanol–water partition coefficient (Wildman–Crippen LogP) is 0.153. The summed E-state index contributed by atoms with van der Waals surface area (Å²) in [7, 11) is 0. The van der Waals surface area contributed by atoms with Crippen molar-refractivity contribution in [1.29, 1.82) is 0 Å². The largest absolute Gasteiger partial charge is 0.479 e. The third-order valence-corrected chi connectivity index (χ3v) is 2.65.